The van der Waals surface area contributed by atoms with E-state index in [4.69, 9.17) is 4.74 Å². The van der Waals surface area contributed by atoms with E-state index in [0.717, 1.165) is 11.3 Å². The Kier molecular flexibility index (Phi) is 5.29. The van der Waals surface area contributed by atoms with E-state index in [9.17, 15) is 9.59 Å². The normalized spacial score (nSPS) is 12.9. The molecular formula is C22H22N4O3. The molecule has 3 aromatic rings. The first-order valence-electron chi connectivity index (χ1n) is 9.48. The number of hydrogen-bond acceptors (Lipinski definition) is 4. The molecule has 29 heavy (non-hydrogen) atoms. The minimum absolute atomic E-state index is 0.0225. The fraction of sp³-hybridized carbons (Fsp3) is 0.227. The number of fused-ring (bicyclic) bond motifs is 1. The third-order valence-corrected chi connectivity index (χ3v) is 4.97. The number of anilines is 1. The van der Waals surface area contributed by atoms with Gasteiger partial charge in [-0.3, -0.25) is 14.3 Å². The third kappa shape index (κ3) is 4.13. The largest absolute Gasteiger partial charge is 0.484 e. The molecule has 7 nitrogen and oxygen atoms in total. The number of aryl methyl sites for hydroxylation is 1. The lowest BCUT2D eigenvalue weighted by molar-refractivity contribution is -0.134. The maximum atomic E-state index is 12.6. The first kappa shape index (κ1) is 18.7. The van der Waals surface area contributed by atoms with Crippen molar-refractivity contribution in [1.29, 1.82) is 0 Å². The first-order chi connectivity index (χ1) is 14.1. The standard InChI is InChI=1S/C22H22N4O3/c1-25-19-12-13-26(20(27)15-29-17-10-6-3-7-11-17)14-18(19)21(24-25)23-22(28)16-8-4-2-5-9-16/h2-11H,12-15H2,1H3,(H,23,24,28). The van der Waals surface area contributed by atoms with Gasteiger partial charge in [0.1, 0.15) is 5.75 Å². The molecular weight excluding hydrogens is 368 g/mol. The molecule has 2 aromatic carbocycles. The highest BCUT2D eigenvalue weighted by atomic mass is 16.5. The van der Waals surface area contributed by atoms with Crippen molar-refractivity contribution in [3.05, 3.63) is 77.5 Å². The second-order valence-electron chi connectivity index (χ2n) is 6.88. The van der Waals surface area contributed by atoms with Crippen LogP contribution in [0.3, 0.4) is 0 Å². The molecule has 4 rings (SSSR count). The SMILES string of the molecule is Cn1nc(NC(=O)c2ccccc2)c2c1CCN(C(=O)COc1ccccc1)C2. The highest BCUT2D eigenvalue weighted by Gasteiger charge is 2.27. The summed E-state index contributed by atoms with van der Waals surface area (Å²) in [5.41, 5.74) is 2.46. The zero-order valence-electron chi connectivity index (χ0n) is 16.2. The fourth-order valence-electron chi connectivity index (χ4n) is 3.43. The molecule has 0 saturated carbocycles. The van der Waals surface area contributed by atoms with Crippen molar-refractivity contribution < 1.29 is 14.3 Å². The van der Waals surface area contributed by atoms with Crippen LogP contribution in [0.4, 0.5) is 5.82 Å². The zero-order valence-corrected chi connectivity index (χ0v) is 16.2. The lowest BCUT2D eigenvalue weighted by Gasteiger charge is -2.27. The lowest BCUT2D eigenvalue weighted by Crippen LogP contribution is -2.39. The zero-order chi connectivity index (χ0) is 20.2. The minimum atomic E-state index is -0.220. The van der Waals surface area contributed by atoms with Crippen LogP contribution in [0.1, 0.15) is 21.6 Å². The first-order valence-corrected chi connectivity index (χ1v) is 9.48. The molecule has 0 fully saturated rings. The van der Waals surface area contributed by atoms with Gasteiger partial charge in [-0.1, -0.05) is 36.4 Å². The van der Waals surface area contributed by atoms with Gasteiger partial charge in [0, 0.05) is 36.8 Å². The van der Waals surface area contributed by atoms with Crippen molar-refractivity contribution >= 4 is 17.6 Å². The Morgan fingerprint density at radius 2 is 1.76 bits per heavy atom. The van der Waals surface area contributed by atoms with Gasteiger partial charge in [-0.2, -0.15) is 5.10 Å². The number of amides is 2. The molecule has 1 aliphatic rings. The number of ether oxygens (including phenoxy) is 1. The highest BCUT2D eigenvalue weighted by Crippen LogP contribution is 2.26. The van der Waals surface area contributed by atoms with Gasteiger partial charge in [-0.25, -0.2) is 0 Å². The number of nitrogens with zero attached hydrogens (tertiary/aromatic N) is 3. The molecule has 2 heterocycles. The summed E-state index contributed by atoms with van der Waals surface area (Å²) in [5, 5.41) is 7.35. The predicted octanol–water partition coefficient (Wildman–Crippen LogP) is 2.64. The van der Waals surface area contributed by atoms with Gasteiger partial charge in [0.05, 0.1) is 6.54 Å². The van der Waals surface area contributed by atoms with Crippen molar-refractivity contribution in [2.24, 2.45) is 7.05 Å². The molecule has 1 aromatic heterocycles. The predicted molar refractivity (Wildman–Crippen MR) is 109 cm³/mol. The molecule has 0 spiro atoms. The van der Waals surface area contributed by atoms with E-state index in [-0.39, 0.29) is 18.4 Å². The fourth-order valence-corrected chi connectivity index (χ4v) is 3.43. The number of nitrogens with one attached hydrogen (secondary N) is 1. The minimum Gasteiger partial charge on any atom is -0.484 e. The van der Waals surface area contributed by atoms with Crippen molar-refractivity contribution in [2.75, 3.05) is 18.5 Å². The quantitative estimate of drug-likeness (QED) is 0.727. The Hall–Kier alpha value is -3.61. The molecule has 0 radical (unpaired) electrons. The number of benzene rings is 2. The lowest BCUT2D eigenvalue weighted by atomic mass is 10.1. The topological polar surface area (TPSA) is 76.5 Å². The van der Waals surface area contributed by atoms with Crippen LogP contribution in [0.2, 0.25) is 0 Å². The van der Waals surface area contributed by atoms with Crippen LogP contribution < -0.4 is 10.1 Å². The number of aromatic nitrogens is 2. The second kappa shape index (κ2) is 8.18. The van der Waals surface area contributed by atoms with E-state index in [1.165, 1.54) is 0 Å². The Balaban J connectivity index is 1.45. The summed E-state index contributed by atoms with van der Waals surface area (Å²) in [6, 6.07) is 18.3. The van der Waals surface area contributed by atoms with Gasteiger partial charge < -0.3 is 15.0 Å². The molecule has 0 aliphatic carbocycles. The summed E-state index contributed by atoms with van der Waals surface area (Å²) in [6.45, 7) is 0.964. The summed E-state index contributed by atoms with van der Waals surface area (Å²) in [7, 11) is 1.85. The molecule has 0 unspecified atom stereocenters. The van der Waals surface area contributed by atoms with Gasteiger partial charge in [0.15, 0.2) is 12.4 Å². The Morgan fingerprint density at radius 3 is 2.48 bits per heavy atom. The van der Waals surface area contributed by atoms with Crippen LogP contribution in [-0.4, -0.2) is 39.6 Å². The van der Waals surface area contributed by atoms with E-state index in [2.05, 4.69) is 10.4 Å². The Morgan fingerprint density at radius 1 is 1.07 bits per heavy atom. The van der Waals surface area contributed by atoms with Crippen molar-refractivity contribution in [3.63, 3.8) is 0 Å². The van der Waals surface area contributed by atoms with E-state index in [1.807, 2.05) is 55.6 Å². The van der Waals surface area contributed by atoms with Crippen molar-refractivity contribution in [1.82, 2.24) is 14.7 Å². The number of hydrogen-bond donors (Lipinski definition) is 1. The van der Waals surface area contributed by atoms with E-state index >= 15 is 0 Å². The Bertz CT molecular complexity index is 1020. The molecule has 2 amide bonds. The summed E-state index contributed by atoms with van der Waals surface area (Å²) in [5.74, 6) is 0.847. The number of carbonyl (C=O) groups excluding carboxylic acids is 2. The summed E-state index contributed by atoms with van der Waals surface area (Å²) >= 11 is 0. The van der Waals surface area contributed by atoms with Crippen molar-refractivity contribution in [2.45, 2.75) is 13.0 Å². The molecule has 0 bridgehead atoms. The average Bonchev–Trinajstić information content (AvgIpc) is 3.08. The van der Waals surface area contributed by atoms with Gasteiger partial charge in [-0.05, 0) is 24.3 Å². The molecule has 1 N–H and O–H groups in total. The summed E-state index contributed by atoms with van der Waals surface area (Å²) in [6.07, 6.45) is 0.678. The smallest absolute Gasteiger partial charge is 0.260 e. The molecule has 0 saturated heterocycles. The van der Waals surface area contributed by atoms with Crippen LogP contribution in [0.5, 0.6) is 5.75 Å². The van der Waals surface area contributed by atoms with Gasteiger partial charge >= 0.3 is 0 Å². The number of para-hydroxylation sites is 1. The number of rotatable bonds is 5. The van der Waals surface area contributed by atoms with E-state index in [1.54, 1.807) is 21.7 Å². The van der Waals surface area contributed by atoms with Gasteiger partial charge in [-0.15, -0.1) is 0 Å². The van der Waals surface area contributed by atoms with Crippen LogP contribution in [-0.2, 0) is 24.8 Å². The molecule has 148 valence electrons. The third-order valence-electron chi connectivity index (χ3n) is 4.97. The van der Waals surface area contributed by atoms with Crippen LogP contribution >= 0.6 is 0 Å². The van der Waals surface area contributed by atoms with Crippen LogP contribution in [0, 0.1) is 0 Å². The summed E-state index contributed by atoms with van der Waals surface area (Å²) < 4.78 is 7.36. The van der Waals surface area contributed by atoms with Crippen LogP contribution in [0.25, 0.3) is 0 Å². The highest BCUT2D eigenvalue weighted by molar-refractivity contribution is 6.04. The number of carbonyl (C=O) groups is 2. The molecule has 0 atom stereocenters. The molecule has 1 aliphatic heterocycles. The maximum Gasteiger partial charge on any atom is 0.260 e. The molecule has 7 heteroatoms. The summed E-state index contributed by atoms with van der Waals surface area (Å²) in [4.78, 5) is 26.9. The van der Waals surface area contributed by atoms with Crippen molar-refractivity contribution in [3.8, 4) is 5.75 Å². The maximum absolute atomic E-state index is 12.6. The van der Waals surface area contributed by atoms with E-state index < -0.39 is 0 Å². The Labute approximate surface area is 168 Å². The van der Waals surface area contributed by atoms with Gasteiger partial charge in [0.2, 0.25) is 0 Å². The second-order valence-corrected chi connectivity index (χ2v) is 6.88. The van der Waals surface area contributed by atoms with E-state index in [0.29, 0.717) is 36.6 Å². The monoisotopic (exact) mass is 390 g/mol. The van der Waals surface area contributed by atoms with Crippen LogP contribution in [0.15, 0.2) is 60.7 Å². The average molecular weight is 390 g/mol. The van der Waals surface area contributed by atoms with Gasteiger partial charge in [0.25, 0.3) is 11.8 Å².